The Morgan fingerprint density at radius 2 is 1.89 bits per heavy atom. The molecule has 0 bridgehead atoms. The number of fused-ring (bicyclic) bond motifs is 3. The largest absolute Gasteiger partial charge is 0.296 e. The van der Waals surface area contributed by atoms with Crippen molar-refractivity contribution in [3.05, 3.63) is 64.7 Å². The van der Waals surface area contributed by atoms with Crippen LogP contribution in [0.1, 0.15) is 38.3 Å². The highest BCUT2D eigenvalue weighted by atomic mass is 35.5. The van der Waals surface area contributed by atoms with Crippen LogP contribution in [0.2, 0.25) is 0 Å². The van der Waals surface area contributed by atoms with E-state index in [1.165, 1.54) is 19.3 Å². The first-order chi connectivity index (χ1) is 12.2. The molecule has 0 amide bonds. The Balaban J connectivity index is 0.00000105. The van der Waals surface area contributed by atoms with Gasteiger partial charge in [-0.25, -0.2) is 4.52 Å². The van der Waals surface area contributed by atoms with Crippen molar-refractivity contribution in [3.63, 3.8) is 0 Å². The second kappa shape index (κ2) is 7.16. The van der Waals surface area contributed by atoms with Crippen LogP contribution in [0.25, 0.3) is 27.8 Å². The molecule has 0 saturated heterocycles. The minimum Gasteiger partial charge on any atom is -0.296 e. The Morgan fingerprint density at radius 3 is 2.63 bits per heavy atom. The number of benzene rings is 1. The Kier molecular flexibility index (Phi) is 5.07. The molecule has 3 aromatic heterocycles. The van der Waals surface area contributed by atoms with Crippen LogP contribution in [-0.2, 0) is 7.05 Å². The monoisotopic (exact) mass is 382 g/mol. The summed E-state index contributed by atoms with van der Waals surface area (Å²) in [5.41, 5.74) is 4.70. The van der Waals surface area contributed by atoms with Gasteiger partial charge in [-0.1, -0.05) is 26.0 Å². The number of rotatable bonds is 2. The van der Waals surface area contributed by atoms with E-state index in [2.05, 4.69) is 11.1 Å². The number of halogens is 1. The van der Waals surface area contributed by atoms with E-state index in [9.17, 15) is 4.79 Å². The molecule has 0 radical (unpaired) electrons. The van der Waals surface area contributed by atoms with Crippen molar-refractivity contribution in [2.75, 3.05) is 0 Å². The Hall–Kier alpha value is -2.66. The van der Waals surface area contributed by atoms with Crippen LogP contribution >= 0.6 is 12.4 Å². The second-order valence-electron chi connectivity index (χ2n) is 6.78. The molecule has 5 rings (SSSR count). The zero-order valence-corrected chi connectivity index (χ0v) is 15.2. The minimum atomic E-state index is -0.000523. The quantitative estimate of drug-likeness (QED) is 0.510. The van der Waals surface area contributed by atoms with Crippen LogP contribution in [0.5, 0.6) is 0 Å². The zero-order valence-electron chi connectivity index (χ0n) is 14.4. The first-order valence-corrected chi connectivity index (χ1v) is 8.66. The van der Waals surface area contributed by atoms with Gasteiger partial charge in [-0.05, 0) is 37.1 Å². The predicted molar refractivity (Wildman–Crippen MR) is 112 cm³/mol. The predicted octanol–water partition coefficient (Wildman–Crippen LogP) is 4.57. The van der Waals surface area contributed by atoms with E-state index >= 15 is 0 Å². The number of nitrogens with zero attached hydrogens (tertiary/aromatic N) is 4. The van der Waals surface area contributed by atoms with E-state index < -0.39 is 0 Å². The molecule has 1 aliphatic rings. The number of hydrogen-bond donors (Lipinski definition) is 0. The summed E-state index contributed by atoms with van der Waals surface area (Å²) in [4.78, 5) is 17.1. The van der Waals surface area contributed by atoms with Gasteiger partial charge in [0.1, 0.15) is 5.65 Å². The van der Waals surface area contributed by atoms with Crippen LogP contribution in [0.15, 0.2) is 53.5 Å². The fourth-order valence-corrected chi connectivity index (χ4v) is 3.59. The maximum atomic E-state index is 12.6. The van der Waals surface area contributed by atoms with Crippen molar-refractivity contribution in [1.29, 1.82) is 0 Å². The van der Waals surface area contributed by atoms with E-state index in [1.807, 2.05) is 47.1 Å². The SMILES string of the molecule is C.Cl.Cn1c(=O)c2ccccc2n2nc(-c3ccnc(C4CCC4)c3)cc12. The van der Waals surface area contributed by atoms with E-state index in [0.29, 0.717) is 11.3 Å². The van der Waals surface area contributed by atoms with Crippen molar-refractivity contribution in [3.8, 4) is 11.3 Å². The molecular weight excluding hydrogens is 360 g/mol. The number of aryl methyl sites for hydroxylation is 1. The van der Waals surface area contributed by atoms with Crippen molar-refractivity contribution >= 4 is 29.0 Å². The Labute approximate surface area is 164 Å². The molecule has 5 nitrogen and oxygen atoms in total. The number of aromatic nitrogens is 4. The van der Waals surface area contributed by atoms with Crippen molar-refractivity contribution in [2.24, 2.45) is 7.05 Å². The standard InChI is InChI=1S/C20H18N4O.CH4.ClH/c1-23-19-12-17(14-9-10-21-16(11-14)13-5-4-6-13)22-24(19)18-8-3-2-7-15(18)20(23)25;;/h2-3,7-13H,4-6H2,1H3;1H4;1H. The maximum Gasteiger partial charge on any atom is 0.261 e. The van der Waals surface area contributed by atoms with Gasteiger partial charge >= 0.3 is 0 Å². The average molecular weight is 383 g/mol. The Bertz CT molecular complexity index is 1170. The summed E-state index contributed by atoms with van der Waals surface area (Å²) in [5, 5.41) is 5.46. The van der Waals surface area contributed by atoms with Crippen LogP contribution in [0.4, 0.5) is 0 Å². The molecule has 140 valence electrons. The first kappa shape index (κ1) is 19.1. The van der Waals surface area contributed by atoms with Crippen LogP contribution in [0, 0.1) is 0 Å². The molecule has 1 fully saturated rings. The smallest absolute Gasteiger partial charge is 0.261 e. The summed E-state index contributed by atoms with van der Waals surface area (Å²) in [5.74, 6) is 0.585. The van der Waals surface area contributed by atoms with Crippen LogP contribution in [0.3, 0.4) is 0 Å². The van der Waals surface area contributed by atoms with Crippen molar-refractivity contribution in [1.82, 2.24) is 19.2 Å². The second-order valence-corrected chi connectivity index (χ2v) is 6.78. The lowest BCUT2D eigenvalue weighted by Crippen LogP contribution is -2.19. The average Bonchev–Trinajstić information content (AvgIpc) is 3.04. The number of pyridine rings is 1. The van der Waals surface area contributed by atoms with E-state index in [1.54, 1.807) is 11.6 Å². The molecular formula is C21H23ClN4O. The third kappa shape index (κ3) is 2.92. The summed E-state index contributed by atoms with van der Waals surface area (Å²) in [6, 6.07) is 13.7. The minimum absolute atomic E-state index is 0. The van der Waals surface area contributed by atoms with E-state index in [0.717, 1.165) is 28.1 Å². The highest BCUT2D eigenvalue weighted by molar-refractivity contribution is 5.85. The van der Waals surface area contributed by atoms with Gasteiger partial charge in [0.15, 0.2) is 0 Å². The summed E-state index contributed by atoms with van der Waals surface area (Å²) in [7, 11) is 1.79. The van der Waals surface area contributed by atoms with Gasteiger partial charge in [0, 0.05) is 36.5 Å². The summed E-state index contributed by atoms with van der Waals surface area (Å²) in [6.07, 6.45) is 5.60. The molecule has 27 heavy (non-hydrogen) atoms. The van der Waals surface area contributed by atoms with Crippen LogP contribution in [-0.4, -0.2) is 19.2 Å². The molecule has 1 aliphatic carbocycles. The molecule has 6 heteroatoms. The molecule has 0 aliphatic heterocycles. The number of para-hydroxylation sites is 1. The molecule has 1 aromatic carbocycles. The number of hydrogen-bond acceptors (Lipinski definition) is 3. The van der Waals surface area contributed by atoms with Crippen LogP contribution < -0.4 is 5.56 Å². The molecule has 0 N–H and O–H groups in total. The van der Waals surface area contributed by atoms with Gasteiger partial charge in [-0.3, -0.25) is 14.3 Å². The lowest BCUT2D eigenvalue weighted by Gasteiger charge is -2.24. The summed E-state index contributed by atoms with van der Waals surface area (Å²) >= 11 is 0. The lowest BCUT2D eigenvalue weighted by molar-refractivity contribution is 0.411. The van der Waals surface area contributed by atoms with E-state index in [-0.39, 0.29) is 25.4 Å². The van der Waals surface area contributed by atoms with Crippen molar-refractivity contribution in [2.45, 2.75) is 32.6 Å². The highest BCUT2D eigenvalue weighted by Crippen LogP contribution is 2.36. The molecule has 3 heterocycles. The fourth-order valence-electron chi connectivity index (χ4n) is 3.59. The fraction of sp³-hybridized carbons (Fsp3) is 0.286. The molecule has 0 spiro atoms. The van der Waals surface area contributed by atoms with Gasteiger partial charge in [-0.2, -0.15) is 5.10 Å². The molecule has 0 unspecified atom stereocenters. The zero-order chi connectivity index (χ0) is 17.0. The highest BCUT2D eigenvalue weighted by Gasteiger charge is 2.21. The van der Waals surface area contributed by atoms with Gasteiger partial charge in [-0.15, -0.1) is 12.4 Å². The van der Waals surface area contributed by atoms with Crippen molar-refractivity contribution < 1.29 is 0 Å². The topological polar surface area (TPSA) is 52.2 Å². The maximum absolute atomic E-state index is 12.6. The lowest BCUT2D eigenvalue weighted by atomic mass is 9.82. The summed E-state index contributed by atoms with van der Waals surface area (Å²) in [6.45, 7) is 0. The van der Waals surface area contributed by atoms with E-state index in [4.69, 9.17) is 5.10 Å². The molecule has 1 saturated carbocycles. The molecule has 0 atom stereocenters. The van der Waals surface area contributed by atoms with Gasteiger partial charge in [0.2, 0.25) is 0 Å². The first-order valence-electron chi connectivity index (χ1n) is 8.66. The van der Waals surface area contributed by atoms with Gasteiger partial charge in [0.25, 0.3) is 5.56 Å². The van der Waals surface area contributed by atoms with Gasteiger partial charge in [0.05, 0.1) is 16.6 Å². The third-order valence-electron chi connectivity index (χ3n) is 5.30. The van der Waals surface area contributed by atoms with Gasteiger partial charge < -0.3 is 0 Å². The summed E-state index contributed by atoms with van der Waals surface area (Å²) < 4.78 is 3.52. The third-order valence-corrected chi connectivity index (χ3v) is 5.30. The normalized spacial score (nSPS) is 13.8. The Morgan fingerprint density at radius 1 is 1.11 bits per heavy atom. The molecule has 4 aromatic rings.